The first-order valence-corrected chi connectivity index (χ1v) is 11.3. The fourth-order valence-corrected chi connectivity index (χ4v) is 4.90. The van der Waals surface area contributed by atoms with Gasteiger partial charge in [-0.3, -0.25) is 4.79 Å². The van der Waals surface area contributed by atoms with Gasteiger partial charge in [0, 0.05) is 32.7 Å². The van der Waals surface area contributed by atoms with Crippen LogP contribution in [0.4, 0.5) is 0 Å². The number of hydrogen-bond donors (Lipinski definition) is 1. The maximum Gasteiger partial charge on any atom is 0.228 e. The molecule has 1 amide bonds. The van der Waals surface area contributed by atoms with Crippen LogP contribution in [-0.2, 0) is 11.2 Å². The lowest BCUT2D eigenvalue weighted by Gasteiger charge is -2.43. The van der Waals surface area contributed by atoms with Crippen molar-refractivity contribution < 1.29 is 14.6 Å². The van der Waals surface area contributed by atoms with Crippen LogP contribution in [0.1, 0.15) is 57.4 Å². The fraction of sp³-hybridized carbons (Fsp3) is 0.708. The summed E-state index contributed by atoms with van der Waals surface area (Å²) >= 11 is 0. The minimum Gasteiger partial charge on any atom is -0.497 e. The van der Waals surface area contributed by atoms with E-state index in [9.17, 15) is 9.90 Å². The molecule has 1 aromatic carbocycles. The lowest BCUT2D eigenvalue weighted by Crippen LogP contribution is -2.54. The van der Waals surface area contributed by atoms with Gasteiger partial charge in [0.2, 0.25) is 5.91 Å². The zero-order chi connectivity index (χ0) is 20.9. The molecule has 0 radical (unpaired) electrons. The number of aliphatic hydroxyl groups is 1. The van der Waals surface area contributed by atoms with Crippen molar-refractivity contribution in [2.45, 2.75) is 69.9 Å². The number of hydrogen-bond acceptors (Lipinski definition) is 4. The number of amides is 1. The van der Waals surface area contributed by atoms with E-state index in [0.29, 0.717) is 18.9 Å². The molecule has 2 fully saturated rings. The molecule has 1 unspecified atom stereocenters. The predicted molar refractivity (Wildman–Crippen MR) is 126 cm³/mol. The zero-order valence-corrected chi connectivity index (χ0v) is 20.5. The van der Waals surface area contributed by atoms with Crippen LogP contribution in [0.2, 0.25) is 0 Å². The van der Waals surface area contributed by atoms with Crippen molar-refractivity contribution in [3.63, 3.8) is 0 Å². The molecular formula is C24H39BrN2O3. The average molecular weight is 483 g/mol. The Morgan fingerprint density at radius 2 is 1.93 bits per heavy atom. The highest BCUT2D eigenvalue weighted by atomic mass is 79.9. The van der Waals surface area contributed by atoms with Crippen molar-refractivity contribution in [2.24, 2.45) is 5.92 Å². The highest BCUT2D eigenvalue weighted by Crippen LogP contribution is 2.32. The van der Waals surface area contributed by atoms with Gasteiger partial charge in [-0.1, -0.05) is 38.3 Å². The SMILES string of the molecule is Br.COc1cccc(CCN2CCC(O)(C(C)C(=O)N(C)C3CCCCC3)CC2)c1. The number of nitrogens with zero attached hydrogens (tertiary/aromatic N) is 2. The molecular weight excluding hydrogens is 444 g/mol. The molecule has 1 saturated heterocycles. The van der Waals surface area contributed by atoms with E-state index >= 15 is 0 Å². The molecule has 2 aliphatic rings. The standard InChI is InChI=1S/C24H38N2O3.BrH/c1-19(23(27)25(2)21-9-5-4-6-10-21)24(28)13-16-26(17-14-24)15-12-20-8-7-11-22(18-20)29-3;/h7-8,11,18-19,21,28H,4-6,9-10,12-17H2,1-3H3;1H. The van der Waals surface area contributed by atoms with Crippen molar-refractivity contribution in [1.29, 1.82) is 0 Å². The Balaban J connectivity index is 0.00000320. The molecule has 5 nitrogen and oxygen atoms in total. The second-order valence-corrected chi connectivity index (χ2v) is 9.01. The number of benzene rings is 1. The minimum atomic E-state index is -0.882. The van der Waals surface area contributed by atoms with E-state index in [4.69, 9.17) is 4.74 Å². The van der Waals surface area contributed by atoms with E-state index in [-0.39, 0.29) is 28.8 Å². The topological polar surface area (TPSA) is 53.0 Å². The first kappa shape index (κ1) is 25.2. The molecule has 170 valence electrons. The zero-order valence-electron chi connectivity index (χ0n) is 18.8. The van der Waals surface area contributed by atoms with Crippen LogP contribution in [0.25, 0.3) is 0 Å². The van der Waals surface area contributed by atoms with Crippen molar-refractivity contribution in [3.05, 3.63) is 29.8 Å². The van der Waals surface area contributed by atoms with E-state index in [0.717, 1.165) is 44.6 Å². The first-order chi connectivity index (χ1) is 13.9. The number of piperidine rings is 1. The highest BCUT2D eigenvalue weighted by Gasteiger charge is 2.42. The third kappa shape index (κ3) is 6.21. The van der Waals surface area contributed by atoms with Gasteiger partial charge in [-0.25, -0.2) is 0 Å². The number of ether oxygens (including phenoxy) is 1. The quantitative estimate of drug-likeness (QED) is 0.636. The summed E-state index contributed by atoms with van der Waals surface area (Å²) in [7, 11) is 3.63. The number of carbonyl (C=O) groups excluding carboxylic acids is 1. The van der Waals surface area contributed by atoms with Crippen molar-refractivity contribution in [1.82, 2.24) is 9.80 Å². The van der Waals surface area contributed by atoms with Crippen LogP contribution in [-0.4, -0.2) is 66.2 Å². The molecule has 3 rings (SSSR count). The molecule has 6 heteroatoms. The molecule has 0 aromatic heterocycles. The lowest BCUT2D eigenvalue weighted by molar-refractivity contribution is -0.149. The molecule has 0 bridgehead atoms. The van der Waals surface area contributed by atoms with Crippen LogP contribution in [0.3, 0.4) is 0 Å². The van der Waals surface area contributed by atoms with Gasteiger partial charge in [0.1, 0.15) is 5.75 Å². The average Bonchev–Trinajstić information content (AvgIpc) is 2.78. The Morgan fingerprint density at radius 1 is 1.27 bits per heavy atom. The van der Waals surface area contributed by atoms with Gasteiger partial charge < -0.3 is 19.6 Å². The van der Waals surface area contributed by atoms with Gasteiger partial charge in [-0.15, -0.1) is 17.0 Å². The third-order valence-electron chi connectivity index (χ3n) is 7.22. The Hall–Kier alpha value is -1.11. The normalized spacial score (nSPS) is 20.8. The lowest BCUT2D eigenvalue weighted by atomic mass is 9.79. The number of carbonyl (C=O) groups is 1. The second kappa shape index (κ2) is 11.5. The molecule has 1 aliphatic carbocycles. The largest absolute Gasteiger partial charge is 0.497 e. The third-order valence-corrected chi connectivity index (χ3v) is 7.22. The van der Waals surface area contributed by atoms with Crippen molar-refractivity contribution in [2.75, 3.05) is 33.8 Å². The van der Waals surface area contributed by atoms with Gasteiger partial charge in [0.25, 0.3) is 0 Å². The van der Waals surface area contributed by atoms with Crippen LogP contribution in [0, 0.1) is 5.92 Å². The summed E-state index contributed by atoms with van der Waals surface area (Å²) < 4.78 is 5.30. The predicted octanol–water partition coefficient (Wildman–Crippen LogP) is 4.07. The summed E-state index contributed by atoms with van der Waals surface area (Å²) in [6.45, 7) is 4.57. The molecule has 1 atom stereocenters. The summed E-state index contributed by atoms with van der Waals surface area (Å²) in [5, 5.41) is 11.2. The molecule has 0 spiro atoms. The van der Waals surface area contributed by atoms with Crippen molar-refractivity contribution >= 4 is 22.9 Å². The van der Waals surface area contributed by atoms with E-state index < -0.39 is 5.60 Å². The Morgan fingerprint density at radius 3 is 2.57 bits per heavy atom. The maximum absolute atomic E-state index is 13.0. The summed E-state index contributed by atoms with van der Waals surface area (Å²) in [5.74, 6) is 0.670. The van der Waals surface area contributed by atoms with E-state index in [1.165, 1.54) is 24.8 Å². The first-order valence-electron chi connectivity index (χ1n) is 11.3. The summed E-state index contributed by atoms with van der Waals surface area (Å²) in [6, 6.07) is 8.56. The molecule has 1 saturated carbocycles. The van der Waals surface area contributed by atoms with Gasteiger partial charge in [-0.2, -0.15) is 0 Å². The highest BCUT2D eigenvalue weighted by molar-refractivity contribution is 8.93. The maximum atomic E-state index is 13.0. The smallest absolute Gasteiger partial charge is 0.228 e. The molecule has 30 heavy (non-hydrogen) atoms. The number of methoxy groups -OCH3 is 1. The molecule has 1 heterocycles. The molecule has 1 aliphatic heterocycles. The van der Waals surface area contributed by atoms with Gasteiger partial charge in [-0.05, 0) is 49.8 Å². The van der Waals surface area contributed by atoms with Gasteiger partial charge in [0.05, 0.1) is 18.6 Å². The van der Waals surface area contributed by atoms with Crippen LogP contribution in [0.5, 0.6) is 5.75 Å². The summed E-state index contributed by atoms with van der Waals surface area (Å²) in [5.41, 5.74) is 0.384. The van der Waals surface area contributed by atoms with E-state index in [2.05, 4.69) is 17.0 Å². The van der Waals surface area contributed by atoms with Crippen LogP contribution in [0.15, 0.2) is 24.3 Å². The summed E-state index contributed by atoms with van der Waals surface area (Å²) in [6.07, 6.45) is 8.20. The van der Waals surface area contributed by atoms with Crippen molar-refractivity contribution in [3.8, 4) is 5.75 Å². The summed E-state index contributed by atoms with van der Waals surface area (Å²) in [4.78, 5) is 17.4. The number of likely N-dealkylation sites (tertiary alicyclic amines) is 1. The second-order valence-electron chi connectivity index (χ2n) is 9.01. The fourth-order valence-electron chi connectivity index (χ4n) is 4.90. The number of halogens is 1. The Bertz CT molecular complexity index is 670. The molecule has 1 N–H and O–H groups in total. The Kier molecular flexibility index (Phi) is 9.64. The van der Waals surface area contributed by atoms with E-state index in [1.54, 1.807) is 7.11 Å². The number of rotatable bonds is 7. The monoisotopic (exact) mass is 482 g/mol. The van der Waals surface area contributed by atoms with Crippen LogP contribution >= 0.6 is 17.0 Å². The van der Waals surface area contributed by atoms with E-state index in [1.807, 2.05) is 31.0 Å². The molecule has 1 aromatic rings. The Labute approximate surface area is 192 Å². The van der Waals surface area contributed by atoms with Gasteiger partial charge in [0.15, 0.2) is 0 Å². The van der Waals surface area contributed by atoms with Gasteiger partial charge >= 0.3 is 0 Å². The minimum absolute atomic E-state index is 0. The van der Waals surface area contributed by atoms with Crippen LogP contribution < -0.4 is 4.74 Å².